The van der Waals surface area contributed by atoms with E-state index in [-0.39, 0.29) is 11.6 Å². The van der Waals surface area contributed by atoms with Gasteiger partial charge in [-0.1, -0.05) is 0 Å². The molecule has 0 spiro atoms. The molecule has 0 unspecified atom stereocenters. The highest BCUT2D eigenvalue weighted by atomic mass is 16.7. The molecule has 1 aromatic carbocycles. The minimum atomic E-state index is -0.475. The van der Waals surface area contributed by atoms with Gasteiger partial charge in [0.25, 0.3) is 11.6 Å². The number of nitrogens with zero attached hydrogens (tertiary/aromatic N) is 2. The van der Waals surface area contributed by atoms with Crippen LogP contribution in [0.5, 0.6) is 0 Å². The maximum Gasteiger partial charge on any atom is 0.269 e. The second kappa shape index (κ2) is 5.76. The number of amides is 1. The molecule has 0 aromatic heterocycles. The molecule has 1 rings (SSSR count). The Hall–Kier alpha value is -2.21. The van der Waals surface area contributed by atoms with Crippen molar-refractivity contribution in [2.24, 2.45) is 0 Å². The molecule has 1 aromatic rings. The van der Waals surface area contributed by atoms with Crippen LogP contribution in [0.2, 0.25) is 0 Å². The molecule has 0 bridgehead atoms. The summed E-state index contributed by atoms with van der Waals surface area (Å²) in [5.74, 6) is -0.314. The topological polar surface area (TPSA) is 72.7 Å². The monoisotopic (exact) mass is 236 g/mol. The number of benzene rings is 1. The summed E-state index contributed by atoms with van der Waals surface area (Å²) < 4.78 is 0. The third-order valence-corrected chi connectivity index (χ3v) is 2.11. The van der Waals surface area contributed by atoms with E-state index < -0.39 is 4.92 Å². The van der Waals surface area contributed by atoms with Crippen molar-refractivity contribution in [2.45, 2.75) is 0 Å². The maximum atomic E-state index is 11.3. The minimum Gasteiger partial charge on any atom is -0.274 e. The highest BCUT2D eigenvalue weighted by Gasteiger charge is 2.04. The lowest BCUT2D eigenvalue weighted by Gasteiger charge is -2.09. The fraction of sp³-hybridized carbons (Fsp3) is 0.182. The van der Waals surface area contributed by atoms with Gasteiger partial charge in [0.15, 0.2) is 0 Å². The van der Waals surface area contributed by atoms with Crippen LogP contribution in [0, 0.1) is 10.1 Å². The van der Waals surface area contributed by atoms with Gasteiger partial charge < -0.3 is 0 Å². The zero-order chi connectivity index (χ0) is 12.8. The van der Waals surface area contributed by atoms with Crippen molar-refractivity contribution in [2.75, 3.05) is 14.2 Å². The molecule has 0 saturated carbocycles. The number of non-ortho nitro benzene ring substituents is 1. The molecule has 6 nitrogen and oxygen atoms in total. The zero-order valence-corrected chi connectivity index (χ0v) is 9.49. The number of nitro groups is 1. The van der Waals surface area contributed by atoms with Crippen molar-refractivity contribution in [3.8, 4) is 0 Å². The van der Waals surface area contributed by atoms with Gasteiger partial charge in [-0.2, -0.15) is 0 Å². The summed E-state index contributed by atoms with van der Waals surface area (Å²) in [6.07, 6.45) is 2.88. The lowest BCUT2D eigenvalue weighted by molar-refractivity contribution is -0.384. The average molecular weight is 236 g/mol. The van der Waals surface area contributed by atoms with E-state index in [0.29, 0.717) is 5.56 Å². The smallest absolute Gasteiger partial charge is 0.269 e. The Morgan fingerprint density at radius 2 is 2.00 bits per heavy atom. The van der Waals surface area contributed by atoms with Gasteiger partial charge >= 0.3 is 0 Å². The van der Waals surface area contributed by atoms with Crippen LogP contribution in [0.25, 0.3) is 6.08 Å². The Labute approximate surface area is 98.2 Å². The SMILES string of the molecule is CON(C)C(=O)C=Cc1ccc([N+](=O)[O-])cc1. The van der Waals surface area contributed by atoms with Crippen molar-refractivity contribution in [3.05, 3.63) is 46.0 Å². The number of carbonyl (C=O) groups excluding carboxylic acids is 1. The summed E-state index contributed by atoms with van der Waals surface area (Å²) in [6, 6.07) is 5.89. The van der Waals surface area contributed by atoms with Gasteiger partial charge in [0.05, 0.1) is 12.0 Å². The Balaban J connectivity index is 2.72. The van der Waals surface area contributed by atoms with E-state index in [0.717, 1.165) is 5.06 Å². The molecule has 0 aliphatic heterocycles. The third kappa shape index (κ3) is 3.69. The fourth-order valence-corrected chi connectivity index (χ4v) is 1.07. The van der Waals surface area contributed by atoms with E-state index in [9.17, 15) is 14.9 Å². The van der Waals surface area contributed by atoms with Crippen molar-refractivity contribution in [3.63, 3.8) is 0 Å². The quantitative estimate of drug-likeness (QED) is 0.452. The highest BCUT2D eigenvalue weighted by molar-refractivity contribution is 5.90. The van der Waals surface area contributed by atoms with Crippen LogP contribution < -0.4 is 0 Å². The van der Waals surface area contributed by atoms with Gasteiger partial charge in [0, 0.05) is 25.3 Å². The molecule has 90 valence electrons. The van der Waals surface area contributed by atoms with Gasteiger partial charge in [0.2, 0.25) is 0 Å². The first-order valence-electron chi connectivity index (χ1n) is 4.79. The van der Waals surface area contributed by atoms with Gasteiger partial charge in [-0.3, -0.25) is 19.7 Å². The number of hydrogen-bond donors (Lipinski definition) is 0. The summed E-state index contributed by atoms with van der Waals surface area (Å²) >= 11 is 0. The summed E-state index contributed by atoms with van der Waals surface area (Å²) in [5, 5.41) is 11.5. The van der Waals surface area contributed by atoms with Gasteiger partial charge in [-0.15, -0.1) is 0 Å². The average Bonchev–Trinajstić information content (AvgIpc) is 2.35. The number of nitro benzene ring substituents is 1. The predicted octanol–water partition coefficient (Wildman–Crippen LogP) is 1.63. The lowest BCUT2D eigenvalue weighted by Crippen LogP contribution is -2.22. The van der Waals surface area contributed by atoms with E-state index in [2.05, 4.69) is 0 Å². The molecule has 0 radical (unpaired) electrons. The van der Waals surface area contributed by atoms with Crippen LogP contribution in [0.1, 0.15) is 5.56 Å². The second-order valence-electron chi connectivity index (χ2n) is 3.20. The van der Waals surface area contributed by atoms with Gasteiger partial charge in [-0.05, 0) is 23.8 Å². The molecule has 1 amide bonds. The highest BCUT2D eigenvalue weighted by Crippen LogP contribution is 2.12. The minimum absolute atomic E-state index is 0.0162. The number of hydroxylamine groups is 2. The van der Waals surface area contributed by atoms with Crippen molar-refractivity contribution in [1.29, 1.82) is 0 Å². The van der Waals surface area contributed by atoms with Gasteiger partial charge in [0.1, 0.15) is 0 Å². The van der Waals surface area contributed by atoms with Crippen LogP contribution in [0.3, 0.4) is 0 Å². The van der Waals surface area contributed by atoms with Crippen LogP contribution in [0.4, 0.5) is 5.69 Å². The van der Waals surface area contributed by atoms with Gasteiger partial charge in [-0.25, -0.2) is 5.06 Å². The van der Waals surface area contributed by atoms with E-state index >= 15 is 0 Å². The first kappa shape index (κ1) is 12.9. The van der Waals surface area contributed by atoms with E-state index in [1.807, 2.05) is 0 Å². The Kier molecular flexibility index (Phi) is 4.36. The molecule has 0 aliphatic carbocycles. The van der Waals surface area contributed by atoms with E-state index in [1.165, 1.54) is 32.4 Å². The Morgan fingerprint density at radius 3 is 2.47 bits per heavy atom. The maximum absolute atomic E-state index is 11.3. The molecule has 0 aliphatic rings. The molecule has 0 N–H and O–H groups in total. The molecule has 6 heteroatoms. The molecule has 0 heterocycles. The molecule has 0 saturated heterocycles. The first-order chi connectivity index (χ1) is 8.04. The number of rotatable bonds is 4. The van der Waals surface area contributed by atoms with Crippen LogP contribution in [-0.2, 0) is 9.63 Å². The van der Waals surface area contributed by atoms with E-state index in [4.69, 9.17) is 4.84 Å². The van der Waals surface area contributed by atoms with E-state index in [1.54, 1.807) is 18.2 Å². The van der Waals surface area contributed by atoms with Crippen LogP contribution in [0.15, 0.2) is 30.3 Å². The molecule has 0 fully saturated rings. The normalized spacial score (nSPS) is 10.5. The van der Waals surface area contributed by atoms with Crippen LogP contribution in [-0.4, -0.2) is 30.1 Å². The predicted molar refractivity (Wildman–Crippen MR) is 61.9 cm³/mol. The molecule has 0 atom stereocenters. The fourth-order valence-electron chi connectivity index (χ4n) is 1.07. The van der Waals surface area contributed by atoms with Crippen molar-refractivity contribution >= 4 is 17.7 Å². The summed E-state index contributed by atoms with van der Waals surface area (Å²) in [7, 11) is 2.88. The number of likely N-dealkylation sites (N-methyl/N-ethyl adjacent to an activating group) is 1. The largest absolute Gasteiger partial charge is 0.274 e. The summed E-state index contributed by atoms with van der Waals surface area (Å²) in [6.45, 7) is 0. The van der Waals surface area contributed by atoms with Crippen molar-refractivity contribution < 1.29 is 14.6 Å². The summed E-state index contributed by atoms with van der Waals surface area (Å²) in [5.41, 5.74) is 0.718. The third-order valence-electron chi connectivity index (χ3n) is 2.11. The Bertz CT molecular complexity index is 439. The lowest BCUT2D eigenvalue weighted by atomic mass is 10.2. The standard InChI is InChI=1S/C11H12N2O4/c1-12(17-2)11(14)8-5-9-3-6-10(7-4-9)13(15)16/h3-8H,1-2H3. The molecular weight excluding hydrogens is 224 g/mol. The van der Waals surface area contributed by atoms with Crippen molar-refractivity contribution in [1.82, 2.24) is 5.06 Å². The van der Waals surface area contributed by atoms with Crippen LogP contribution >= 0.6 is 0 Å². The molecular formula is C11H12N2O4. The molecule has 17 heavy (non-hydrogen) atoms. The zero-order valence-electron chi connectivity index (χ0n) is 9.49. The first-order valence-corrected chi connectivity index (χ1v) is 4.79. The number of carbonyl (C=O) groups is 1. The Morgan fingerprint density at radius 1 is 1.41 bits per heavy atom. The second-order valence-corrected chi connectivity index (χ2v) is 3.20. The number of hydrogen-bond acceptors (Lipinski definition) is 4. The summed E-state index contributed by atoms with van der Waals surface area (Å²) in [4.78, 5) is 26.0.